The van der Waals surface area contributed by atoms with E-state index in [-0.39, 0.29) is 17.0 Å². The number of nitrogens with zero attached hydrogens (tertiary/aromatic N) is 2. The first-order valence-electron chi connectivity index (χ1n) is 9.15. The molecule has 0 spiro atoms. The van der Waals surface area contributed by atoms with Gasteiger partial charge in [0.25, 0.3) is 0 Å². The van der Waals surface area contributed by atoms with Crippen LogP contribution in [0.3, 0.4) is 0 Å². The molecule has 2 amide bonds. The third-order valence-electron chi connectivity index (χ3n) is 5.13. The van der Waals surface area contributed by atoms with Crippen molar-refractivity contribution in [1.82, 2.24) is 20.2 Å². The molecule has 0 aliphatic carbocycles. The molecule has 0 bridgehead atoms. The molecule has 0 radical (unpaired) electrons. The highest BCUT2D eigenvalue weighted by molar-refractivity contribution is 5.83. The second-order valence-corrected chi connectivity index (χ2v) is 7.18. The number of rotatable bonds is 3. The smallest absolute Gasteiger partial charge is 0.416 e. The van der Waals surface area contributed by atoms with Gasteiger partial charge in [-0.15, -0.1) is 0 Å². The van der Waals surface area contributed by atoms with Gasteiger partial charge < -0.3 is 19.6 Å². The molecule has 11 heteroatoms. The number of fused-ring (bicyclic) bond motifs is 2. The fourth-order valence-electron chi connectivity index (χ4n) is 3.68. The van der Waals surface area contributed by atoms with Crippen molar-refractivity contribution in [1.29, 1.82) is 0 Å². The van der Waals surface area contributed by atoms with Crippen LogP contribution in [0.4, 0.5) is 26.7 Å². The van der Waals surface area contributed by atoms with Crippen LogP contribution in [-0.2, 0) is 13.0 Å². The number of halogens is 5. The van der Waals surface area contributed by atoms with Gasteiger partial charge in [-0.05, 0) is 19.4 Å². The number of imidazole rings is 1. The lowest BCUT2D eigenvalue weighted by atomic mass is 10.1. The summed E-state index contributed by atoms with van der Waals surface area (Å²) in [5.74, 6) is -1.92. The summed E-state index contributed by atoms with van der Waals surface area (Å²) in [6.45, 7) is 1.63. The van der Waals surface area contributed by atoms with E-state index >= 15 is 0 Å². The molecule has 2 N–H and O–H groups in total. The van der Waals surface area contributed by atoms with Crippen LogP contribution in [0.1, 0.15) is 29.6 Å². The number of carbonyl (C=O) groups excluding carboxylic acids is 1. The van der Waals surface area contributed by atoms with Crippen molar-refractivity contribution in [2.24, 2.45) is 0 Å². The molecule has 160 valence electrons. The van der Waals surface area contributed by atoms with Gasteiger partial charge in [0.2, 0.25) is 0 Å². The van der Waals surface area contributed by atoms with Crippen LogP contribution in [-0.4, -0.2) is 27.8 Å². The standard InChI is InChI=1S/C19H17F5N4O2/c1-9-12-6-10(20)7-13(21)16(12)30-15(9)17(19(22,23)24)27-18(29)26-11-2-3-14-25-4-5-28(14)8-11/h4-7,11,17H,2-3,8H2,1H3,(H2,26,27,29). The van der Waals surface area contributed by atoms with Crippen molar-refractivity contribution in [3.63, 3.8) is 0 Å². The minimum atomic E-state index is -4.92. The Bertz CT molecular complexity index is 1100. The number of alkyl halides is 3. The quantitative estimate of drug-likeness (QED) is 0.617. The van der Waals surface area contributed by atoms with E-state index in [4.69, 9.17) is 4.42 Å². The molecule has 1 aliphatic rings. The second kappa shape index (κ2) is 7.29. The van der Waals surface area contributed by atoms with Gasteiger partial charge in [-0.3, -0.25) is 0 Å². The summed E-state index contributed by atoms with van der Waals surface area (Å²) in [5, 5.41) is 4.26. The Hall–Kier alpha value is -3.11. The van der Waals surface area contributed by atoms with Crippen LogP contribution < -0.4 is 10.6 Å². The maximum atomic E-state index is 13.9. The number of aryl methyl sites for hydroxylation is 2. The fraction of sp³-hybridized carbons (Fsp3) is 0.368. The van der Waals surface area contributed by atoms with Crippen molar-refractivity contribution in [3.8, 4) is 0 Å². The van der Waals surface area contributed by atoms with E-state index in [2.05, 4.69) is 10.3 Å². The molecule has 1 aromatic carbocycles. The summed E-state index contributed by atoms with van der Waals surface area (Å²) < 4.78 is 75.4. The van der Waals surface area contributed by atoms with Crippen LogP contribution >= 0.6 is 0 Å². The van der Waals surface area contributed by atoms with Crippen LogP contribution in [0.2, 0.25) is 0 Å². The lowest BCUT2D eigenvalue weighted by Gasteiger charge is -2.26. The Morgan fingerprint density at radius 1 is 1.33 bits per heavy atom. The van der Waals surface area contributed by atoms with Crippen LogP contribution in [0.25, 0.3) is 11.0 Å². The predicted octanol–water partition coefficient (Wildman–Crippen LogP) is 4.13. The summed E-state index contributed by atoms with van der Waals surface area (Å²) in [5.41, 5.74) is -0.605. The molecule has 3 heterocycles. The van der Waals surface area contributed by atoms with Gasteiger partial charge in [-0.1, -0.05) is 0 Å². The minimum absolute atomic E-state index is 0.105. The first-order valence-corrected chi connectivity index (χ1v) is 9.15. The van der Waals surface area contributed by atoms with Crippen molar-refractivity contribution in [3.05, 3.63) is 53.3 Å². The summed E-state index contributed by atoms with van der Waals surface area (Å²) in [7, 11) is 0. The van der Waals surface area contributed by atoms with Crippen molar-refractivity contribution >= 4 is 17.0 Å². The van der Waals surface area contributed by atoms with E-state index in [0.717, 1.165) is 11.9 Å². The molecule has 0 fully saturated rings. The molecule has 2 aromatic heterocycles. The highest BCUT2D eigenvalue weighted by atomic mass is 19.4. The second-order valence-electron chi connectivity index (χ2n) is 7.18. The number of carbonyl (C=O) groups is 1. The van der Waals surface area contributed by atoms with Gasteiger partial charge in [-0.25, -0.2) is 18.6 Å². The van der Waals surface area contributed by atoms with Crippen LogP contribution in [0.15, 0.2) is 28.9 Å². The molecule has 30 heavy (non-hydrogen) atoms. The molecular weight excluding hydrogens is 411 g/mol. The molecular formula is C19H17F5N4O2. The van der Waals surface area contributed by atoms with E-state index in [9.17, 15) is 26.7 Å². The topological polar surface area (TPSA) is 72.1 Å². The normalized spacial score (nSPS) is 17.6. The molecule has 4 rings (SSSR count). The zero-order valence-electron chi connectivity index (χ0n) is 15.7. The number of hydrogen-bond acceptors (Lipinski definition) is 3. The Kier molecular flexibility index (Phi) is 4.91. The summed E-state index contributed by atoms with van der Waals surface area (Å²) in [6, 6.07) is -2.55. The number of aromatic nitrogens is 2. The zero-order chi connectivity index (χ0) is 21.6. The lowest BCUT2D eigenvalue weighted by Crippen LogP contribution is -2.49. The Balaban J connectivity index is 1.57. The van der Waals surface area contributed by atoms with E-state index in [1.54, 1.807) is 12.4 Å². The Morgan fingerprint density at radius 3 is 2.83 bits per heavy atom. The summed E-state index contributed by atoms with van der Waals surface area (Å²) >= 11 is 0. The van der Waals surface area contributed by atoms with Gasteiger partial charge >= 0.3 is 12.2 Å². The monoisotopic (exact) mass is 428 g/mol. The highest BCUT2D eigenvalue weighted by Gasteiger charge is 2.45. The number of amides is 2. The maximum absolute atomic E-state index is 13.9. The van der Waals surface area contributed by atoms with E-state index in [1.165, 1.54) is 6.92 Å². The zero-order valence-corrected chi connectivity index (χ0v) is 15.7. The lowest BCUT2D eigenvalue weighted by molar-refractivity contribution is -0.158. The number of furan rings is 1. The average Bonchev–Trinajstić information content (AvgIpc) is 3.24. The third kappa shape index (κ3) is 3.71. The van der Waals surface area contributed by atoms with Crippen molar-refractivity contribution in [2.45, 2.75) is 44.6 Å². The number of hydrogen-bond donors (Lipinski definition) is 2. The highest BCUT2D eigenvalue weighted by Crippen LogP contribution is 2.39. The van der Waals surface area contributed by atoms with Crippen LogP contribution in [0.5, 0.6) is 0 Å². The van der Waals surface area contributed by atoms with E-state index in [1.807, 2.05) is 9.88 Å². The summed E-state index contributed by atoms with van der Waals surface area (Å²) in [6.07, 6.45) is -0.479. The van der Waals surface area contributed by atoms with Gasteiger partial charge in [0.15, 0.2) is 17.4 Å². The van der Waals surface area contributed by atoms with Crippen molar-refractivity contribution in [2.75, 3.05) is 0 Å². The largest absolute Gasteiger partial charge is 0.455 e. The SMILES string of the molecule is Cc1c(C(NC(=O)NC2CCc3nccn3C2)C(F)(F)F)oc2c(F)cc(F)cc12. The molecule has 2 unspecified atom stereocenters. The maximum Gasteiger partial charge on any atom is 0.416 e. The summed E-state index contributed by atoms with van der Waals surface area (Å²) in [4.78, 5) is 16.5. The van der Waals surface area contributed by atoms with E-state index in [0.29, 0.717) is 25.5 Å². The molecule has 0 saturated carbocycles. The Morgan fingerprint density at radius 2 is 2.10 bits per heavy atom. The first kappa shape index (κ1) is 20.2. The predicted molar refractivity (Wildman–Crippen MR) is 95.7 cm³/mol. The molecule has 0 saturated heterocycles. The minimum Gasteiger partial charge on any atom is -0.455 e. The fourth-order valence-corrected chi connectivity index (χ4v) is 3.68. The Labute approximate surface area is 167 Å². The first-order chi connectivity index (χ1) is 14.1. The molecule has 1 aliphatic heterocycles. The van der Waals surface area contributed by atoms with Gasteiger partial charge in [-0.2, -0.15) is 13.2 Å². The third-order valence-corrected chi connectivity index (χ3v) is 5.13. The average molecular weight is 428 g/mol. The molecule has 3 aromatic rings. The van der Waals surface area contributed by atoms with Gasteiger partial charge in [0.1, 0.15) is 17.4 Å². The number of nitrogens with one attached hydrogen (secondary N) is 2. The number of benzene rings is 1. The van der Waals surface area contributed by atoms with Crippen molar-refractivity contribution < 1.29 is 31.2 Å². The molecule has 6 nitrogen and oxygen atoms in total. The van der Waals surface area contributed by atoms with Gasteiger partial charge in [0.05, 0.1) is 0 Å². The number of urea groups is 1. The van der Waals surface area contributed by atoms with Gasteiger partial charge in [0, 0.05) is 48.4 Å². The van der Waals surface area contributed by atoms with Crippen LogP contribution in [0, 0.1) is 18.6 Å². The molecule has 2 atom stereocenters. The van der Waals surface area contributed by atoms with E-state index < -0.39 is 41.2 Å².